The summed E-state index contributed by atoms with van der Waals surface area (Å²) in [5, 5.41) is 25.2. The number of Topliss-reactive ketones (excluding diaryl/α,β-unsaturated/α-hetero) is 1. The summed E-state index contributed by atoms with van der Waals surface area (Å²) < 4.78 is 0. The number of nitriles is 1. The maximum atomic E-state index is 12.2. The van der Waals surface area contributed by atoms with E-state index in [2.05, 4.69) is 10.6 Å². The Bertz CT molecular complexity index is 978. The minimum atomic E-state index is -0.677. The number of ketones is 1. The van der Waals surface area contributed by atoms with E-state index in [0.29, 0.717) is 11.3 Å². The second-order valence-electron chi connectivity index (χ2n) is 5.33. The van der Waals surface area contributed by atoms with Crippen LogP contribution in [0.15, 0.2) is 54.2 Å². The first-order valence-electron chi connectivity index (χ1n) is 7.55. The van der Waals surface area contributed by atoms with Crippen LogP contribution in [0, 0.1) is 21.4 Å². The Morgan fingerprint density at radius 2 is 1.81 bits per heavy atom. The van der Waals surface area contributed by atoms with Crippen LogP contribution in [0.4, 0.5) is 17.1 Å². The van der Waals surface area contributed by atoms with E-state index in [9.17, 15) is 19.7 Å². The fraction of sp³-hybridized carbons (Fsp3) is 0.0556. The molecule has 136 valence electrons. The summed E-state index contributed by atoms with van der Waals surface area (Å²) >= 11 is 5.73. The molecule has 0 heterocycles. The Labute approximate surface area is 159 Å². The molecule has 0 bridgehead atoms. The fourth-order valence-electron chi connectivity index (χ4n) is 2.03. The normalized spacial score (nSPS) is 10.6. The average molecular weight is 385 g/mol. The molecule has 9 heteroatoms. The van der Waals surface area contributed by atoms with Crippen LogP contribution in [-0.4, -0.2) is 16.6 Å². The summed E-state index contributed by atoms with van der Waals surface area (Å²) in [5.74, 6) is -0.782. The Kier molecular flexibility index (Phi) is 6.25. The second-order valence-corrected chi connectivity index (χ2v) is 5.73. The second kappa shape index (κ2) is 8.60. The van der Waals surface area contributed by atoms with E-state index in [4.69, 9.17) is 16.9 Å². The smallest absolute Gasteiger partial charge is 0.289 e. The number of nitro benzene ring substituents is 1. The number of nitrogens with one attached hydrogen (secondary N) is 2. The standard InChI is InChI=1S/C18H13ClN4O4/c1-11(24)12-2-4-14(5-3-12)22-18(25)13(9-20)10-21-15-6-7-16(19)17(8-15)23(26)27/h2-8,10,21H,1H3,(H,22,25)/b13-10-. The Hall–Kier alpha value is -3.70. The largest absolute Gasteiger partial charge is 0.360 e. The quantitative estimate of drug-likeness (QED) is 0.256. The number of rotatable bonds is 6. The summed E-state index contributed by atoms with van der Waals surface area (Å²) in [7, 11) is 0. The molecule has 1 amide bonds. The molecule has 0 aliphatic heterocycles. The van der Waals surface area contributed by atoms with Gasteiger partial charge in [-0.2, -0.15) is 5.26 Å². The van der Waals surface area contributed by atoms with Crippen molar-refractivity contribution in [1.82, 2.24) is 0 Å². The van der Waals surface area contributed by atoms with Gasteiger partial charge in [0.15, 0.2) is 5.78 Å². The number of carbonyl (C=O) groups is 2. The van der Waals surface area contributed by atoms with Gasteiger partial charge >= 0.3 is 0 Å². The highest BCUT2D eigenvalue weighted by atomic mass is 35.5. The topological polar surface area (TPSA) is 125 Å². The predicted octanol–water partition coefficient (Wildman–Crippen LogP) is 3.91. The molecule has 2 aromatic rings. The molecule has 0 atom stereocenters. The molecule has 0 fully saturated rings. The molecule has 0 saturated carbocycles. The third-order valence-corrected chi connectivity index (χ3v) is 3.76. The van der Waals surface area contributed by atoms with Crippen molar-refractivity contribution in [2.75, 3.05) is 10.6 Å². The Morgan fingerprint density at radius 3 is 2.37 bits per heavy atom. The lowest BCUT2D eigenvalue weighted by atomic mass is 10.1. The van der Waals surface area contributed by atoms with Crippen LogP contribution in [-0.2, 0) is 4.79 Å². The van der Waals surface area contributed by atoms with Crippen LogP contribution in [0.5, 0.6) is 0 Å². The number of nitrogens with zero attached hydrogens (tertiary/aromatic N) is 2. The zero-order valence-corrected chi connectivity index (χ0v) is 14.8. The maximum absolute atomic E-state index is 12.2. The summed E-state index contributed by atoms with van der Waals surface area (Å²) in [4.78, 5) is 33.7. The van der Waals surface area contributed by atoms with Gasteiger partial charge in [-0.05, 0) is 43.3 Å². The van der Waals surface area contributed by atoms with Crippen molar-refractivity contribution >= 4 is 40.4 Å². The lowest BCUT2D eigenvalue weighted by Crippen LogP contribution is -2.14. The van der Waals surface area contributed by atoms with Crippen LogP contribution in [0.1, 0.15) is 17.3 Å². The van der Waals surface area contributed by atoms with E-state index < -0.39 is 10.8 Å². The highest BCUT2D eigenvalue weighted by Gasteiger charge is 2.13. The summed E-state index contributed by atoms with van der Waals surface area (Å²) in [6.45, 7) is 1.43. The van der Waals surface area contributed by atoms with E-state index >= 15 is 0 Å². The van der Waals surface area contributed by atoms with Gasteiger partial charge in [-0.3, -0.25) is 19.7 Å². The molecule has 0 radical (unpaired) electrons. The maximum Gasteiger partial charge on any atom is 0.289 e. The SMILES string of the molecule is CC(=O)c1ccc(NC(=O)/C(C#N)=C\Nc2ccc(Cl)c([N+](=O)[O-])c2)cc1. The van der Waals surface area contributed by atoms with Gasteiger partial charge in [-0.15, -0.1) is 0 Å². The van der Waals surface area contributed by atoms with E-state index in [-0.39, 0.29) is 27.8 Å². The lowest BCUT2D eigenvalue weighted by Gasteiger charge is -2.06. The molecule has 0 aromatic heterocycles. The van der Waals surface area contributed by atoms with Crippen molar-refractivity contribution in [3.63, 3.8) is 0 Å². The zero-order chi connectivity index (χ0) is 20.0. The monoisotopic (exact) mass is 384 g/mol. The first-order chi connectivity index (χ1) is 12.8. The molecular formula is C18H13ClN4O4. The van der Waals surface area contributed by atoms with Crippen LogP contribution in [0.25, 0.3) is 0 Å². The van der Waals surface area contributed by atoms with E-state index in [1.54, 1.807) is 30.3 Å². The highest BCUT2D eigenvalue weighted by molar-refractivity contribution is 6.32. The van der Waals surface area contributed by atoms with Crippen molar-refractivity contribution in [2.24, 2.45) is 0 Å². The molecule has 2 rings (SSSR count). The molecular weight excluding hydrogens is 372 g/mol. The van der Waals surface area contributed by atoms with Crippen LogP contribution in [0.3, 0.4) is 0 Å². The van der Waals surface area contributed by atoms with E-state index in [1.807, 2.05) is 0 Å². The zero-order valence-electron chi connectivity index (χ0n) is 14.0. The molecule has 0 unspecified atom stereocenters. The van der Waals surface area contributed by atoms with Crippen LogP contribution < -0.4 is 10.6 Å². The molecule has 27 heavy (non-hydrogen) atoms. The number of nitro groups is 1. The first kappa shape index (κ1) is 19.6. The van der Waals surface area contributed by atoms with E-state index in [0.717, 1.165) is 6.20 Å². The summed E-state index contributed by atoms with van der Waals surface area (Å²) in [6.07, 6.45) is 1.13. The van der Waals surface area contributed by atoms with Crippen molar-refractivity contribution in [1.29, 1.82) is 5.26 Å². The number of hydrogen-bond donors (Lipinski definition) is 2. The van der Waals surface area contributed by atoms with Crippen molar-refractivity contribution < 1.29 is 14.5 Å². The minimum absolute atomic E-state index is 0.0261. The fourth-order valence-corrected chi connectivity index (χ4v) is 2.22. The van der Waals surface area contributed by atoms with Gasteiger partial charge in [0.2, 0.25) is 0 Å². The number of anilines is 2. The number of halogens is 1. The number of hydrogen-bond acceptors (Lipinski definition) is 6. The summed E-state index contributed by atoms with van der Waals surface area (Å²) in [5.41, 5.74) is 0.646. The minimum Gasteiger partial charge on any atom is -0.360 e. The van der Waals surface area contributed by atoms with Crippen LogP contribution >= 0.6 is 11.6 Å². The molecule has 2 N–H and O–H groups in total. The van der Waals surface area contributed by atoms with Crippen molar-refractivity contribution in [2.45, 2.75) is 6.92 Å². The molecule has 0 aliphatic rings. The number of amides is 1. The average Bonchev–Trinajstić information content (AvgIpc) is 2.63. The Balaban J connectivity index is 2.12. The highest BCUT2D eigenvalue weighted by Crippen LogP contribution is 2.27. The number of benzene rings is 2. The van der Waals surface area contributed by atoms with Gasteiger partial charge in [0.05, 0.1) is 4.92 Å². The van der Waals surface area contributed by atoms with Gasteiger partial charge in [0, 0.05) is 29.2 Å². The first-order valence-corrected chi connectivity index (χ1v) is 7.92. The molecule has 0 aliphatic carbocycles. The van der Waals surface area contributed by atoms with Crippen molar-refractivity contribution in [3.8, 4) is 6.07 Å². The van der Waals surface area contributed by atoms with Gasteiger partial charge in [0.1, 0.15) is 16.7 Å². The molecule has 8 nitrogen and oxygen atoms in total. The third-order valence-electron chi connectivity index (χ3n) is 3.44. The van der Waals surface area contributed by atoms with Gasteiger partial charge in [0.25, 0.3) is 11.6 Å². The molecule has 0 spiro atoms. The molecule has 0 saturated heterocycles. The molecule has 2 aromatic carbocycles. The number of carbonyl (C=O) groups excluding carboxylic acids is 2. The van der Waals surface area contributed by atoms with E-state index in [1.165, 1.54) is 25.1 Å². The van der Waals surface area contributed by atoms with Crippen LogP contribution in [0.2, 0.25) is 5.02 Å². The van der Waals surface area contributed by atoms with Crippen molar-refractivity contribution in [3.05, 3.63) is 74.9 Å². The summed E-state index contributed by atoms with van der Waals surface area (Å²) in [6, 6.07) is 11.9. The lowest BCUT2D eigenvalue weighted by molar-refractivity contribution is -0.384. The predicted molar refractivity (Wildman–Crippen MR) is 101 cm³/mol. The Morgan fingerprint density at radius 1 is 1.19 bits per heavy atom. The van der Waals surface area contributed by atoms with Gasteiger partial charge in [-0.25, -0.2) is 0 Å². The van der Waals surface area contributed by atoms with Gasteiger partial charge < -0.3 is 10.6 Å². The third kappa shape index (κ3) is 5.14. The van der Waals surface area contributed by atoms with Gasteiger partial charge in [-0.1, -0.05) is 11.6 Å².